The summed E-state index contributed by atoms with van der Waals surface area (Å²) in [5.41, 5.74) is 0. The summed E-state index contributed by atoms with van der Waals surface area (Å²) in [7, 11) is -3.24. The fraction of sp³-hybridized carbons (Fsp3) is 1.00. The van der Waals surface area contributed by atoms with Crippen molar-refractivity contribution in [1.29, 1.82) is 0 Å². The van der Waals surface area contributed by atoms with E-state index in [1.165, 1.54) is 0 Å². The number of nitrogens with one attached hydrogen (secondary N) is 1. The molecule has 1 rings (SSSR count). The molecule has 14 heavy (non-hydrogen) atoms. The van der Waals surface area contributed by atoms with Crippen LogP contribution in [-0.4, -0.2) is 38.8 Å². The summed E-state index contributed by atoms with van der Waals surface area (Å²) in [4.78, 5) is 0. The van der Waals surface area contributed by atoms with E-state index in [-0.39, 0.29) is 23.8 Å². The Labute approximate surface area is 90.0 Å². The van der Waals surface area contributed by atoms with E-state index in [1.54, 1.807) is 6.92 Å². The number of ether oxygens (including phenoxy) is 1. The minimum Gasteiger partial charge on any atom is -0.377 e. The fourth-order valence-corrected chi connectivity index (χ4v) is 3.12. The molecule has 0 aromatic heterocycles. The first-order chi connectivity index (χ1) is 6.53. The average Bonchev–Trinajstić information content (AvgIpc) is 2.54. The van der Waals surface area contributed by atoms with Crippen molar-refractivity contribution in [3.8, 4) is 0 Å². The number of rotatable bonds is 5. The molecule has 1 aliphatic heterocycles. The van der Waals surface area contributed by atoms with Crippen LogP contribution in [0.25, 0.3) is 0 Å². The van der Waals surface area contributed by atoms with Crippen LogP contribution in [0.15, 0.2) is 0 Å². The summed E-state index contributed by atoms with van der Waals surface area (Å²) in [6, 6.07) is -0.219. The van der Waals surface area contributed by atoms with Gasteiger partial charge in [-0.15, -0.1) is 11.6 Å². The first-order valence-corrected chi connectivity index (χ1v) is 6.90. The molecule has 0 radical (unpaired) electrons. The Bertz CT molecular complexity index is 262. The van der Waals surface area contributed by atoms with E-state index in [0.717, 1.165) is 12.8 Å². The van der Waals surface area contributed by atoms with Crippen LogP contribution in [0.2, 0.25) is 0 Å². The number of hydrogen-bond acceptors (Lipinski definition) is 3. The lowest BCUT2D eigenvalue weighted by Gasteiger charge is -2.14. The van der Waals surface area contributed by atoms with Gasteiger partial charge in [0.05, 0.1) is 11.9 Å². The molecular weight excluding hydrogens is 226 g/mol. The molecule has 1 saturated heterocycles. The van der Waals surface area contributed by atoms with Crippen LogP contribution in [0.4, 0.5) is 0 Å². The van der Waals surface area contributed by atoms with Crippen molar-refractivity contribution in [3.05, 3.63) is 0 Å². The molecule has 4 nitrogen and oxygen atoms in total. The molecule has 0 aliphatic carbocycles. The van der Waals surface area contributed by atoms with Crippen LogP contribution in [-0.2, 0) is 14.8 Å². The van der Waals surface area contributed by atoms with Crippen LogP contribution >= 0.6 is 11.6 Å². The van der Waals surface area contributed by atoms with Gasteiger partial charge in [-0.25, -0.2) is 13.1 Å². The van der Waals surface area contributed by atoms with Gasteiger partial charge in [-0.3, -0.25) is 0 Å². The van der Waals surface area contributed by atoms with Gasteiger partial charge < -0.3 is 4.74 Å². The van der Waals surface area contributed by atoms with Gasteiger partial charge in [0.1, 0.15) is 0 Å². The second kappa shape index (κ2) is 5.30. The van der Waals surface area contributed by atoms with Crippen molar-refractivity contribution in [3.63, 3.8) is 0 Å². The third kappa shape index (κ3) is 4.13. The summed E-state index contributed by atoms with van der Waals surface area (Å²) in [5, 5.41) is 0. The van der Waals surface area contributed by atoms with Crippen molar-refractivity contribution >= 4 is 21.6 Å². The topological polar surface area (TPSA) is 55.4 Å². The maximum atomic E-state index is 11.5. The maximum absolute atomic E-state index is 11.5. The number of sulfonamides is 1. The summed E-state index contributed by atoms with van der Waals surface area (Å²) >= 11 is 5.52. The number of hydrogen-bond donors (Lipinski definition) is 1. The smallest absolute Gasteiger partial charge is 0.214 e. The maximum Gasteiger partial charge on any atom is 0.214 e. The highest BCUT2D eigenvalue weighted by Gasteiger charge is 2.24. The molecular formula is C8H16ClNO3S. The highest BCUT2D eigenvalue weighted by molar-refractivity contribution is 7.89. The van der Waals surface area contributed by atoms with Gasteiger partial charge >= 0.3 is 0 Å². The predicted molar refractivity (Wildman–Crippen MR) is 56.1 cm³/mol. The van der Waals surface area contributed by atoms with Gasteiger partial charge in [-0.1, -0.05) is 0 Å². The van der Waals surface area contributed by atoms with Gasteiger partial charge in [0.2, 0.25) is 10.0 Å². The van der Waals surface area contributed by atoms with E-state index >= 15 is 0 Å². The minimum absolute atomic E-state index is 0.0498. The van der Waals surface area contributed by atoms with E-state index in [0.29, 0.717) is 6.61 Å². The van der Waals surface area contributed by atoms with Crippen molar-refractivity contribution < 1.29 is 13.2 Å². The molecule has 0 bridgehead atoms. The molecule has 1 heterocycles. The Hall–Kier alpha value is 0.160. The largest absolute Gasteiger partial charge is 0.377 e. The minimum atomic E-state index is -3.24. The molecule has 0 aromatic carbocycles. The average molecular weight is 242 g/mol. The van der Waals surface area contributed by atoms with E-state index in [2.05, 4.69) is 4.72 Å². The summed E-state index contributed by atoms with van der Waals surface area (Å²) < 4.78 is 30.8. The van der Waals surface area contributed by atoms with Crippen LogP contribution in [0.3, 0.4) is 0 Å². The first kappa shape index (κ1) is 12.2. The molecule has 0 amide bonds. The van der Waals surface area contributed by atoms with Crippen molar-refractivity contribution in [2.75, 3.05) is 18.2 Å². The Morgan fingerprint density at radius 3 is 2.86 bits per heavy atom. The molecule has 1 fully saturated rings. The zero-order chi connectivity index (χ0) is 10.6. The second-order valence-electron chi connectivity index (χ2n) is 3.59. The SMILES string of the molecule is CC(CCl)NS(=O)(=O)CC1CCCO1. The third-order valence-corrected chi connectivity index (χ3v) is 4.08. The lowest BCUT2D eigenvalue weighted by atomic mass is 10.3. The predicted octanol–water partition coefficient (Wildman–Crippen LogP) is 0.712. The lowest BCUT2D eigenvalue weighted by Crippen LogP contribution is -2.38. The highest BCUT2D eigenvalue weighted by Crippen LogP contribution is 2.13. The van der Waals surface area contributed by atoms with Gasteiger partial charge in [0.25, 0.3) is 0 Å². The Morgan fingerprint density at radius 1 is 1.64 bits per heavy atom. The zero-order valence-corrected chi connectivity index (χ0v) is 9.77. The molecule has 0 spiro atoms. The molecule has 0 aromatic rings. The summed E-state index contributed by atoms with van der Waals surface area (Å²) in [5.74, 6) is 0.332. The highest BCUT2D eigenvalue weighted by atomic mass is 35.5. The van der Waals surface area contributed by atoms with Gasteiger partial charge in [-0.2, -0.15) is 0 Å². The van der Waals surface area contributed by atoms with E-state index in [1.807, 2.05) is 0 Å². The van der Waals surface area contributed by atoms with Crippen LogP contribution in [0, 0.1) is 0 Å². The van der Waals surface area contributed by atoms with E-state index in [4.69, 9.17) is 16.3 Å². The zero-order valence-electron chi connectivity index (χ0n) is 8.20. The molecule has 2 unspecified atom stereocenters. The van der Waals surface area contributed by atoms with Crippen molar-refractivity contribution in [2.45, 2.75) is 31.9 Å². The number of halogens is 1. The standard InChI is InChI=1S/C8H16ClNO3S/c1-7(5-9)10-14(11,12)6-8-3-2-4-13-8/h7-8,10H,2-6H2,1H3. The molecule has 1 N–H and O–H groups in total. The summed E-state index contributed by atoms with van der Waals surface area (Å²) in [6.45, 7) is 2.41. The molecule has 0 saturated carbocycles. The number of alkyl halides is 1. The third-order valence-electron chi connectivity index (χ3n) is 2.04. The molecule has 1 aliphatic rings. The van der Waals surface area contributed by atoms with Crippen LogP contribution in [0.5, 0.6) is 0 Å². The fourth-order valence-electron chi connectivity index (χ4n) is 1.41. The molecule has 84 valence electrons. The Morgan fingerprint density at radius 2 is 2.36 bits per heavy atom. The Kier molecular flexibility index (Phi) is 4.63. The van der Waals surface area contributed by atoms with Gasteiger partial charge in [0.15, 0.2) is 0 Å². The Balaban J connectivity index is 2.40. The van der Waals surface area contributed by atoms with Gasteiger partial charge in [0, 0.05) is 18.5 Å². The van der Waals surface area contributed by atoms with Crippen molar-refractivity contribution in [2.24, 2.45) is 0 Å². The summed E-state index contributed by atoms with van der Waals surface area (Å²) in [6.07, 6.45) is 1.64. The second-order valence-corrected chi connectivity index (χ2v) is 5.70. The normalized spacial score (nSPS) is 25.1. The van der Waals surface area contributed by atoms with Crippen molar-refractivity contribution in [1.82, 2.24) is 4.72 Å². The lowest BCUT2D eigenvalue weighted by molar-refractivity contribution is 0.127. The van der Waals surface area contributed by atoms with Crippen LogP contribution < -0.4 is 4.72 Å². The van der Waals surface area contributed by atoms with Gasteiger partial charge in [-0.05, 0) is 19.8 Å². The van der Waals surface area contributed by atoms with E-state index in [9.17, 15) is 8.42 Å². The molecule has 6 heteroatoms. The monoisotopic (exact) mass is 241 g/mol. The van der Waals surface area contributed by atoms with Crippen LogP contribution in [0.1, 0.15) is 19.8 Å². The first-order valence-electron chi connectivity index (χ1n) is 4.71. The molecule has 2 atom stereocenters. The van der Waals surface area contributed by atoms with E-state index < -0.39 is 10.0 Å². The quantitative estimate of drug-likeness (QED) is 0.722.